The number of furan rings is 1. The average molecular weight is 383 g/mol. The highest BCUT2D eigenvalue weighted by Crippen LogP contribution is 2.36. The zero-order chi connectivity index (χ0) is 19.4. The van der Waals surface area contributed by atoms with Crippen molar-refractivity contribution in [3.63, 3.8) is 0 Å². The molecule has 1 amide bonds. The molecule has 3 aromatic heterocycles. The first-order valence-electron chi connectivity index (χ1n) is 9.54. The van der Waals surface area contributed by atoms with E-state index < -0.39 is 6.04 Å². The SMILES string of the molecule is O=C(c1nc2ccccc2[nH]1)N1CCc2[nH]cnc2[C@H]1c1cc2ccccc2o1. The van der Waals surface area contributed by atoms with E-state index in [9.17, 15) is 4.79 Å². The number of nitrogens with zero attached hydrogens (tertiary/aromatic N) is 3. The van der Waals surface area contributed by atoms with Crippen LogP contribution in [0.5, 0.6) is 0 Å². The van der Waals surface area contributed by atoms with Crippen LogP contribution in [-0.2, 0) is 6.42 Å². The Hall–Kier alpha value is -3.87. The van der Waals surface area contributed by atoms with E-state index in [1.54, 1.807) is 11.2 Å². The van der Waals surface area contributed by atoms with Crippen molar-refractivity contribution in [2.75, 3.05) is 6.54 Å². The standard InChI is InChI=1S/C22H17N5O2/c28-22(21-25-14-6-2-3-7-15(14)26-21)27-10-9-16-19(24-12-23-16)20(27)18-11-13-5-1-4-8-17(13)29-18/h1-8,11-12,20H,9-10H2,(H,23,24)(H,25,26)/t20-/m1/s1. The zero-order valence-electron chi connectivity index (χ0n) is 15.4. The molecule has 4 heterocycles. The van der Waals surface area contributed by atoms with E-state index in [-0.39, 0.29) is 5.91 Å². The van der Waals surface area contributed by atoms with Crippen molar-refractivity contribution in [1.82, 2.24) is 24.8 Å². The Labute approximate surface area is 165 Å². The number of para-hydroxylation sites is 3. The fraction of sp³-hybridized carbons (Fsp3) is 0.136. The number of carbonyl (C=O) groups excluding carboxylic acids is 1. The fourth-order valence-corrected chi connectivity index (χ4v) is 4.11. The smallest absolute Gasteiger partial charge is 0.290 e. The van der Waals surface area contributed by atoms with E-state index in [4.69, 9.17) is 4.42 Å². The first-order valence-corrected chi connectivity index (χ1v) is 9.54. The normalized spacial score (nSPS) is 16.4. The minimum atomic E-state index is -0.405. The van der Waals surface area contributed by atoms with E-state index >= 15 is 0 Å². The number of benzene rings is 2. The Bertz CT molecular complexity index is 1300. The largest absolute Gasteiger partial charge is 0.458 e. The van der Waals surface area contributed by atoms with Gasteiger partial charge < -0.3 is 19.3 Å². The van der Waals surface area contributed by atoms with Gasteiger partial charge in [-0.1, -0.05) is 30.3 Å². The van der Waals surface area contributed by atoms with Crippen LogP contribution in [-0.4, -0.2) is 37.3 Å². The molecule has 1 aliphatic rings. The molecule has 0 saturated carbocycles. The minimum absolute atomic E-state index is 0.166. The van der Waals surface area contributed by atoms with Crippen LogP contribution in [0.2, 0.25) is 0 Å². The van der Waals surface area contributed by atoms with Gasteiger partial charge in [-0.05, 0) is 24.3 Å². The molecule has 0 spiro atoms. The molecule has 142 valence electrons. The molecule has 5 aromatic rings. The predicted octanol–water partition coefficient (Wildman–Crippen LogP) is 3.82. The van der Waals surface area contributed by atoms with Gasteiger partial charge >= 0.3 is 0 Å². The molecule has 0 saturated heterocycles. The van der Waals surface area contributed by atoms with Crippen molar-refractivity contribution in [1.29, 1.82) is 0 Å². The molecule has 2 N–H and O–H groups in total. The Morgan fingerprint density at radius 1 is 1.14 bits per heavy atom. The van der Waals surface area contributed by atoms with Gasteiger partial charge in [-0.25, -0.2) is 9.97 Å². The number of hydrogen-bond acceptors (Lipinski definition) is 4. The monoisotopic (exact) mass is 383 g/mol. The molecule has 1 aliphatic heterocycles. The van der Waals surface area contributed by atoms with Crippen molar-refractivity contribution in [2.24, 2.45) is 0 Å². The molecule has 6 rings (SSSR count). The van der Waals surface area contributed by atoms with E-state index in [1.807, 2.05) is 54.6 Å². The van der Waals surface area contributed by atoms with Crippen LogP contribution >= 0.6 is 0 Å². The van der Waals surface area contributed by atoms with Gasteiger partial charge in [-0.3, -0.25) is 4.79 Å². The summed E-state index contributed by atoms with van der Waals surface area (Å²) < 4.78 is 6.13. The summed E-state index contributed by atoms with van der Waals surface area (Å²) in [5.41, 5.74) is 4.26. The number of H-pyrrole nitrogens is 2. The lowest BCUT2D eigenvalue weighted by Gasteiger charge is -2.33. The molecule has 1 atom stereocenters. The second kappa shape index (κ2) is 6.07. The third kappa shape index (κ3) is 2.47. The molecule has 29 heavy (non-hydrogen) atoms. The quantitative estimate of drug-likeness (QED) is 0.485. The lowest BCUT2D eigenvalue weighted by Crippen LogP contribution is -2.41. The number of imidazole rings is 2. The maximum absolute atomic E-state index is 13.5. The lowest BCUT2D eigenvalue weighted by molar-refractivity contribution is 0.0661. The number of fused-ring (bicyclic) bond motifs is 3. The van der Waals surface area contributed by atoms with Gasteiger partial charge in [0.05, 0.1) is 23.1 Å². The highest BCUT2D eigenvalue weighted by Gasteiger charge is 2.37. The maximum Gasteiger partial charge on any atom is 0.290 e. The average Bonchev–Trinajstić information content (AvgIpc) is 3.49. The molecule has 7 heteroatoms. The number of hydrogen-bond donors (Lipinski definition) is 2. The fourth-order valence-electron chi connectivity index (χ4n) is 4.11. The Morgan fingerprint density at radius 2 is 2.00 bits per heavy atom. The number of rotatable bonds is 2. The van der Waals surface area contributed by atoms with Crippen LogP contribution < -0.4 is 0 Å². The van der Waals surface area contributed by atoms with E-state index in [0.717, 1.165) is 33.4 Å². The number of amides is 1. The third-order valence-corrected chi connectivity index (χ3v) is 5.49. The van der Waals surface area contributed by atoms with Crippen molar-refractivity contribution < 1.29 is 9.21 Å². The van der Waals surface area contributed by atoms with Gasteiger partial charge in [-0.2, -0.15) is 0 Å². The number of nitrogens with one attached hydrogen (secondary N) is 2. The minimum Gasteiger partial charge on any atom is -0.458 e. The van der Waals surface area contributed by atoms with Crippen LogP contribution in [0.1, 0.15) is 33.8 Å². The summed E-state index contributed by atoms with van der Waals surface area (Å²) in [6, 6.07) is 17.1. The summed E-state index contributed by atoms with van der Waals surface area (Å²) in [5.74, 6) is 0.857. The molecule has 0 bridgehead atoms. The van der Waals surface area contributed by atoms with Crippen LogP contribution in [0.3, 0.4) is 0 Å². The molecular weight excluding hydrogens is 366 g/mol. The van der Waals surface area contributed by atoms with Gasteiger partial charge in [0, 0.05) is 24.0 Å². The zero-order valence-corrected chi connectivity index (χ0v) is 15.4. The summed E-state index contributed by atoms with van der Waals surface area (Å²) in [5, 5.41) is 1.00. The van der Waals surface area contributed by atoms with Crippen molar-refractivity contribution in [3.05, 3.63) is 83.9 Å². The summed E-state index contributed by atoms with van der Waals surface area (Å²) in [6.07, 6.45) is 2.38. The van der Waals surface area contributed by atoms with Crippen LogP contribution in [0.15, 0.2) is 65.3 Å². The van der Waals surface area contributed by atoms with Crippen molar-refractivity contribution >= 4 is 27.9 Å². The molecular formula is C22H17N5O2. The van der Waals surface area contributed by atoms with E-state index in [0.29, 0.717) is 24.6 Å². The molecule has 0 fully saturated rings. The van der Waals surface area contributed by atoms with Gasteiger partial charge in [0.2, 0.25) is 0 Å². The van der Waals surface area contributed by atoms with E-state index in [1.165, 1.54) is 0 Å². The second-order valence-corrected chi connectivity index (χ2v) is 7.21. The summed E-state index contributed by atoms with van der Waals surface area (Å²) in [6.45, 7) is 0.548. The first-order chi connectivity index (χ1) is 14.3. The number of aromatic nitrogens is 4. The topological polar surface area (TPSA) is 90.8 Å². The van der Waals surface area contributed by atoms with Crippen molar-refractivity contribution in [2.45, 2.75) is 12.5 Å². The highest BCUT2D eigenvalue weighted by molar-refractivity contribution is 5.95. The van der Waals surface area contributed by atoms with Gasteiger partial charge in [0.1, 0.15) is 17.4 Å². The highest BCUT2D eigenvalue weighted by atomic mass is 16.3. The predicted molar refractivity (Wildman–Crippen MR) is 107 cm³/mol. The Morgan fingerprint density at radius 3 is 2.90 bits per heavy atom. The first kappa shape index (κ1) is 16.1. The van der Waals surface area contributed by atoms with E-state index in [2.05, 4.69) is 19.9 Å². The van der Waals surface area contributed by atoms with Gasteiger partial charge in [0.25, 0.3) is 5.91 Å². The van der Waals surface area contributed by atoms with Crippen molar-refractivity contribution in [3.8, 4) is 0 Å². The molecule has 0 radical (unpaired) electrons. The summed E-state index contributed by atoms with van der Waals surface area (Å²) in [7, 11) is 0. The van der Waals surface area contributed by atoms with Crippen LogP contribution in [0.4, 0.5) is 0 Å². The Balaban J connectivity index is 1.47. The molecule has 2 aromatic carbocycles. The number of aromatic amines is 2. The van der Waals surface area contributed by atoms with Gasteiger partial charge in [-0.15, -0.1) is 0 Å². The molecule has 7 nitrogen and oxygen atoms in total. The summed E-state index contributed by atoms with van der Waals surface area (Å²) >= 11 is 0. The third-order valence-electron chi connectivity index (χ3n) is 5.49. The van der Waals surface area contributed by atoms with Gasteiger partial charge in [0.15, 0.2) is 5.82 Å². The molecule has 0 aliphatic carbocycles. The Kier molecular flexibility index (Phi) is 3.37. The van der Waals surface area contributed by atoms with Crippen LogP contribution in [0.25, 0.3) is 22.0 Å². The summed E-state index contributed by atoms with van der Waals surface area (Å²) in [4.78, 5) is 30.6. The maximum atomic E-state index is 13.5. The second-order valence-electron chi connectivity index (χ2n) is 7.21. The van der Waals surface area contributed by atoms with Crippen LogP contribution in [0, 0.1) is 0 Å². The molecule has 0 unspecified atom stereocenters. The lowest BCUT2D eigenvalue weighted by atomic mass is 10.00. The number of carbonyl (C=O) groups is 1.